The summed E-state index contributed by atoms with van der Waals surface area (Å²) in [4.78, 5) is 25.6. The third-order valence-electron chi connectivity index (χ3n) is 5.70. The molecule has 1 aliphatic heterocycles. The van der Waals surface area contributed by atoms with Crippen LogP contribution in [0.25, 0.3) is 10.8 Å². The zero-order chi connectivity index (χ0) is 19.9. The topological polar surface area (TPSA) is 95.7 Å². The molecule has 2 aromatic rings. The summed E-state index contributed by atoms with van der Waals surface area (Å²) in [5.74, 6) is 0.304. The van der Waals surface area contributed by atoms with Crippen LogP contribution in [-0.4, -0.2) is 35.0 Å². The first kappa shape index (κ1) is 20.3. The number of likely N-dealkylation sites (tertiary alicyclic amines) is 1. The maximum atomic E-state index is 12.7. The van der Waals surface area contributed by atoms with E-state index in [2.05, 4.69) is 24.3 Å². The van der Waals surface area contributed by atoms with Gasteiger partial charge in [0.1, 0.15) is 0 Å². The fourth-order valence-corrected chi connectivity index (χ4v) is 3.95. The van der Waals surface area contributed by atoms with Gasteiger partial charge in [-0.3, -0.25) is 14.8 Å². The van der Waals surface area contributed by atoms with Gasteiger partial charge in [0.05, 0.1) is 0 Å². The molecular weight excluding hydrogens is 354 g/mol. The minimum atomic E-state index is -0.338. The highest BCUT2D eigenvalue weighted by atomic mass is 16.5. The molecule has 0 bridgehead atoms. The summed E-state index contributed by atoms with van der Waals surface area (Å²) in [7, 11) is 0. The number of benzene rings is 2. The van der Waals surface area contributed by atoms with Crippen molar-refractivity contribution in [2.24, 2.45) is 11.7 Å². The van der Waals surface area contributed by atoms with Gasteiger partial charge in [-0.15, -0.1) is 0 Å². The second-order valence-electron chi connectivity index (χ2n) is 7.67. The number of fused-ring (bicyclic) bond motifs is 1. The molecule has 1 saturated heterocycles. The fourth-order valence-electron chi connectivity index (χ4n) is 3.95. The average molecular weight is 383 g/mol. The van der Waals surface area contributed by atoms with Crippen molar-refractivity contribution in [2.75, 3.05) is 13.1 Å². The zero-order valence-corrected chi connectivity index (χ0v) is 16.1. The lowest BCUT2D eigenvalue weighted by Crippen LogP contribution is -2.39. The molecule has 3 rings (SSSR count). The molecule has 0 aromatic heterocycles. The molecule has 4 N–H and O–H groups in total. The van der Waals surface area contributed by atoms with E-state index in [1.165, 1.54) is 5.39 Å². The van der Waals surface area contributed by atoms with Crippen LogP contribution in [0.5, 0.6) is 0 Å². The number of nitrogens with one attached hydrogen (secondary N) is 1. The van der Waals surface area contributed by atoms with Gasteiger partial charge in [-0.05, 0) is 54.0 Å². The molecule has 0 unspecified atom stereocenters. The van der Waals surface area contributed by atoms with Crippen LogP contribution in [0.3, 0.4) is 0 Å². The molecule has 28 heavy (non-hydrogen) atoms. The van der Waals surface area contributed by atoms with Crippen LogP contribution >= 0.6 is 0 Å². The van der Waals surface area contributed by atoms with E-state index in [0.717, 1.165) is 49.7 Å². The molecule has 0 saturated carbocycles. The van der Waals surface area contributed by atoms with Gasteiger partial charge in [0, 0.05) is 32.0 Å². The summed E-state index contributed by atoms with van der Waals surface area (Å²) in [6.45, 7) is 1.50. The van der Waals surface area contributed by atoms with Crippen molar-refractivity contribution in [3.05, 3.63) is 48.0 Å². The number of hydroxylamine groups is 1. The maximum Gasteiger partial charge on any atom is 0.243 e. The predicted molar refractivity (Wildman–Crippen MR) is 109 cm³/mol. The number of carbonyl (C=O) groups is 2. The molecule has 150 valence electrons. The molecule has 1 fully saturated rings. The Kier molecular flexibility index (Phi) is 7.01. The van der Waals surface area contributed by atoms with Crippen molar-refractivity contribution in [3.63, 3.8) is 0 Å². The van der Waals surface area contributed by atoms with Crippen LogP contribution in [0.4, 0.5) is 0 Å². The number of amides is 2. The highest BCUT2D eigenvalue weighted by molar-refractivity contribution is 5.83. The molecule has 6 nitrogen and oxygen atoms in total. The lowest BCUT2D eigenvalue weighted by molar-refractivity contribution is -0.133. The smallest absolute Gasteiger partial charge is 0.243 e. The van der Waals surface area contributed by atoms with Crippen LogP contribution in [0, 0.1) is 5.92 Å². The van der Waals surface area contributed by atoms with E-state index in [1.54, 1.807) is 5.48 Å². The summed E-state index contributed by atoms with van der Waals surface area (Å²) >= 11 is 0. The second kappa shape index (κ2) is 9.66. The van der Waals surface area contributed by atoms with E-state index in [1.807, 2.05) is 23.1 Å². The molecule has 6 heteroatoms. The molecule has 1 atom stereocenters. The summed E-state index contributed by atoms with van der Waals surface area (Å²) in [6.07, 6.45) is 4.29. The Morgan fingerprint density at radius 2 is 1.86 bits per heavy atom. The van der Waals surface area contributed by atoms with Crippen LogP contribution < -0.4 is 11.2 Å². The average Bonchev–Trinajstić information content (AvgIpc) is 2.73. The largest absolute Gasteiger partial charge is 0.343 e. The predicted octanol–water partition coefficient (Wildman–Crippen LogP) is 3.14. The lowest BCUT2D eigenvalue weighted by atomic mass is 9.91. The quantitative estimate of drug-likeness (QED) is 0.505. The van der Waals surface area contributed by atoms with Crippen molar-refractivity contribution < 1.29 is 14.8 Å². The Labute approximate surface area is 165 Å². The van der Waals surface area contributed by atoms with Gasteiger partial charge in [-0.1, -0.05) is 36.4 Å². The highest BCUT2D eigenvalue weighted by Crippen LogP contribution is 2.25. The number of carbonyl (C=O) groups excluding carboxylic acids is 2. The Morgan fingerprint density at radius 3 is 2.57 bits per heavy atom. The van der Waals surface area contributed by atoms with Crippen molar-refractivity contribution >= 4 is 22.6 Å². The third-order valence-corrected chi connectivity index (χ3v) is 5.70. The fraction of sp³-hybridized carbons (Fsp3) is 0.455. The Bertz CT molecular complexity index is 816. The first-order valence-corrected chi connectivity index (χ1v) is 10.0. The number of hydrogen-bond acceptors (Lipinski definition) is 4. The van der Waals surface area contributed by atoms with Crippen LogP contribution in [0.15, 0.2) is 42.5 Å². The molecule has 1 aliphatic rings. The van der Waals surface area contributed by atoms with Crippen LogP contribution in [0.2, 0.25) is 0 Å². The van der Waals surface area contributed by atoms with Crippen molar-refractivity contribution in [1.29, 1.82) is 0 Å². The van der Waals surface area contributed by atoms with Gasteiger partial charge >= 0.3 is 0 Å². The Balaban J connectivity index is 1.46. The van der Waals surface area contributed by atoms with Crippen LogP contribution in [-0.2, 0) is 9.59 Å². The third kappa shape index (κ3) is 5.30. The summed E-state index contributed by atoms with van der Waals surface area (Å²) in [6, 6.07) is 14.0. The number of piperidine rings is 1. The Hall–Kier alpha value is -2.44. The molecular formula is C22H29N3O3. The first-order valence-electron chi connectivity index (χ1n) is 10.0. The number of nitrogens with zero attached hydrogens (tertiary/aromatic N) is 1. The number of rotatable bonds is 7. The standard InChI is InChI=1S/C22H29N3O3/c23-20(19-9-8-17-5-1-2-6-18(17)14-19)15-22(27)25-12-10-16(11-13-25)4-3-7-21(26)24-28/h1-2,5-6,8-9,14,16,20,28H,3-4,7,10-13,15,23H2,(H,24,26)/t20-/m1/s1. The summed E-state index contributed by atoms with van der Waals surface area (Å²) < 4.78 is 0. The molecule has 0 spiro atoms. The Morgan fingerprint density at radius 1 is 1.14 bits per heavy atom. The van der Waals surface area contributed by atoms with E-state index in [-0.39, 0.29) is 17.9 Å². The number of hydrogen-bond donors (Lipinski definition) is 3. The van der Waals surface area contributed by atoms with Gasteiger partial charge in [0.2, 0.25) is 11.8 Å². The normalized spacial score (nSPS) is 16.1. The molecule has 2 amide bonds. The van der Waals surface area contributed by atoms with Gasteiger partial charge in [-0.2, -0.15) is 0 Å². The van der Waals surface area contributed by atoms with E-state index < -0.39 is 0 Å². The first-order chi connectivity index (χ1) is 13.6. The lowest BCUT2D eigenvalue weighted by Gasteiger charge is -2.32. The summed E-state index contributed by atoms with van der Waals surface area (Å²) in [5, 5.41) is 10.8. The van der Waals surface area contributed by atoms with Crippen molar-refractivity contribution in [2.45, 2.75) is 44.6 Å². The zero-order valence-electron chi connectivity index (χ0n) is 16.1. The minimum absolute atomic E-state index is 0.110. The van der Waals surface area contributed by atoms with E-state index >= 15 is 0 Å². The summed E-state index contributed by atoms with van der Waals surface area (Å²) in [5.41, 5.74) is 8.97. The molecule has 0 aliphatic carbocycles. The molecule has 2 aromatic carbocycles. The highest BCUT2D eigenvalue weighted by Gasteiger charge is 2.24. The van der Waals surface area contributed by atoms with E-state index in [9.17, 15) is 9.59 Å². The van der Waals surface area contributed by atoms with Gasteiger partial charge in [0.25, 0.3) is 0 Å². The van der Waals surface area contributed by atoms with E-state index in [4.69, 9.17) is 10.9 Å². The molecule has 0 radical (unpaired) electrons. The van der Waals surface area contributed by atoms with Crippen molar-refractivity contribution in [3.8, 4) is 0 Å². The maximum absolute atomic E-state index is 12.7. The monoisotopic (exact) mass is 383 g/mol. The SMILES string of the molecule is N[C@H](CC(=O)N1CCC(CCCC(=O)NO)CC1)c1ccc2ccccc2c1. The molecule has 1 heterocycles. The van der Waals surface area contributed by atoms with Gasteiger partial charge in [0.15, 0.2) is 0 Å². The van der Waals surface area contributed by atoms with Crippen molar-refractivity contribution in [1.82, 2.24) is 10.4 Å². The minimum Gasteiger partial charge on any atom is -0.343 e. The second-order valence-corrected chi connectivity index (χ2v) is 7.67. The van der Waals surface area contributed by atoms with Crippen LogP contribution in [0.1, 0.15) is 50.1 Å². The van der Waals surface area contributed by atoms with Gasteiger partial charge < -0.3 is 10.6 Å². The van der Waals surface area contributed by atoms with E-state index in [0.29, 0.717) is 18.8 Å². The number of nitrogens with two attached hydrogens (primary N) is 1. The van der Waals surface area contributed by atoms with Gasteiger partial charge in [-0.25, -0.2) is 5.48 Å².